The molecule has 152 valence electrons. The predicted molar refractivity (Wildman–Crippen MR) is 109 cm³/mol. The number of hydrogen-bond donors (Lipinski definition) is 3. The highest BCUT2D eigenvalue weighted by molar-refractivity contribution is 6.03. The molecular weight excluding hydrogens is 388 g/mol. The maximum absolute atomic E-state index is 12.9. The Kier molecular flexibility index (Phi) is 4.93. The fourth-order valence-electron chi connectivity index (χ4n) is 3.39. The smallest absolute Gasteiger partial charge is 0.335 e. The van der Waals surface area contributed by atoms with Gasteiger partial charge in [-0.1, -0.05) is 24.3 Å². The molecule has 1 atom stereocenters. The molecule has 0 saturated heterocycles. The number of nitrogens with one attached hydrogen (secondary N) is 2. The summed E-state index contributed by atoms with van der Waals surface area (Å²) in [5, 5.41) is 18.9. The van der Waals surface area contributed by atoms with E-state index in [1.807, 2.05) is 18.2 Å². The van der Waals surface area contributed by atoms with Gasteiger partial charge in [-0.15, -0.1) is 0 Å². The van der Waals surface area contributed by atoms with Crippen LogP contribution in [0.4, 0.5) is 11.5 Å². The van der Waals surface area contributed by atoms with Gasteiger partial charge >= 0.3 is 5.97 Å². The minimum absolute atomic E-state index is 0.0485. The number of aromatic carboxylic acids is 1. The zero-order valence-electron chi connectivity index (χ0n) is 16.0. The predicted octanol–water partition coefficient (Wildman–Crippen LogP) is 2.78. The molecule has 9 nitrogen and oxygen atoms in total. The first-order chi connectivity index (χ1) is 14.5. The second-order valence-electron chi connectivity index (χ2n) is 6.70. The molecule has 0 fully saturated rings. The Morgan fingerprint density at radius 1 is 1.20 bits per heavy atom. The third-order valence-electron chi connectivity index (χ3n) is 4.80. The maximum atomic E-state index is 12.9. The highest BCUT2D eigenvalue weighted by Crippen LogP contribution is 2.38. The van der Waals surface area contributed by atoms with Gasteiger partial charge in [0, 0.05) is 16.8 Å². The van der Waals surface area contributed by atoms with E-state index >= 15 is 0 Å². The topological polar surface area (TPSA) is 123 Å². The molecule has 2 aromatic carbocycles. The average Bonchev–Trinajstić information content (AvgIpc) is 3.16. The van der Waals surface area contributed by atoms with Crippen LogP contribution in [-0.2, 0) is 9.59 Å². The highest BCUT2D eigenvalue weighted by atomic mass is 16.5. The molecule has 2 amide bonds. The van der Waals surface area contributed by atoms with Crippen molar-refractivity contribution in [2.24, 2.45) is 0 Å². The van der Waals surface area contributed by atoms with Crippen LogP contribution in [0.25, 0.3) is 11.1 Å². The number of aromatic nitrogens is 2. The number of carbonyl (C=O) groups is 3. The highest BCUT2D eigenvalue weighted by Gasteiger charge is 2.33. The number of fused-ring (bicyclic) bond motifs is 1. The molecule has 4 rings (SSSR count). The van der Waals surface area contributed by atoms with Crippen molar-refractivity contribution in [2.45, 2.75) is 12.5 Å². The number of nitrogens with zero attached hydrogens (tertiary/aromatic N) is 2. The molecule has 9 heteroatoms. The standard InChI is InChI=1S/C21H18N4O5/c1-30-17-8-3-2-7-14(17)15-11-22-25-16(10-18(26)24-19(15)25)20(27)23-13-6-4-5-12(9-13)21(28)29/h2-9,11,16H,10H2,1H3,(H,23,27)(H,24,26)(H,28,29). The molecule has 3 N–H and O–H groups in total. The number of rotatable bonds is 5. The van der Waals surface area contributed by atoms with E-state index < -0.39 is 17.9 Å². The zero-order chi connectivity index (χ0) is 21.3. The molecule has 3 aromatic rings. The van der Waals surface area contributed by atoms with Crippen molar-refractivity contribution >= 4 is 29.3 Å². The van der Waals surface area contributed by atoms with Crippen molar-refractivity contribution in [3.63, 3.8) is 0 Å². The first kappa shape index (κ1) is 19.2. The van der Waals surface area contributed by atoms with Gasteiger partial charge < -0.3 is 20.5 Å². The quantitative estimate of drug-likeness (QED) is 0.599. The van der Waals surface area contributed by atoms with Crippen LogP contribution >= 0.6 is 0 Å². The fourth-order valence-corrected chi connectivity index (χ4v) is 3.39. The zero-order valence-corrected chi connectivity index (χ0v) is 16.0. The van der Waals surface area contributed by atoms with Gasteiger partial charge in [0.25, 0.3) is 0 Å². The second kappa shape index (κ2) is 7.70. The summed E-state index contributed by atoms with van der Waals surface area (Å²) in [7, 11) is 1.55. The van der Waals surface area contributed by atoms with E-state index in [0.29, 0.717) is 22.8 Å². The van der Waals surface area contributed by atoms with E-state index in [0.717, 1.165) is 5.56 Å². The molecule has 0 saturated carbocycles. The van der Waals surface area contributed by atoms with Gasteiger partial charge in [0.2, 0.25) is 11.8 Å². The normalized spacial score (nSPS) is 15.1. The van der Waals surface area contributed by atoms with Gasteiger partial charge in [-0.2, -0.15) is 5.10 Å². The molecule has 1 aliphatic heterocycles. The lowest BCUT2D eigenvalue weighted by Crippen LogP contribution is -2.35. The summed E-state index contributed by atoms with van der Waals surface area (Å²) in [6.07, 6.45) is 1.48. The maximum Gasteiger partial charge on any atom is 0.335 e. The van der Waals surface area contributed by atoms with E-state index in [9.17, 15) is 14.4 Å². The summed E-state index contributed by atoms with van der Waals surface area (Å²) in [6.45, 7) is 0. The van der Waals surface area contributed by atoms with E-state index in [1.165, 1.54) is 22.9 Å². The van der Waals surface area contributed by atoms with Gasteiger partial charge in [0.15, 0.2) is 0 Å². The molecule has 0 aliphatic carbocycles. The van der Waals surface area contributed by atoms with E-state index in [-0.39, 0.29) is 17.9 Å². The SMILES string of the molecule is COc1ccccc1-c1cnn2c1NC(=O)CC2C(=O)Nc1cccc(C(=O)O)c1. The Hall–Kier alpha value is -4.14. The van der Waals surface area contributed by atoms with Gasteiger partial charge in [0.1, 0.15) is 17.6 Å². The van der Waals surface area contributed by atoms with Crippen LogP contribution in [0.5, 0.6) is 5.75 Å². The lowest BCUT2D eigenvalue weighted by molar-refractivity contribution is -0.125. The van der Waals surface area contributed by atoms with E-state index in [1.54, 1.807) is 25.4 Å². The number of methoxy groups -OCH3 is 1. The number of benzene rings is 2. The van der Waals surface area contributed by atoms with Gasteiger partial charge in [-0.3, -0.25) is 9.59 Å². The Bertz CT molecular complexity index is 1150. The summed E-state index contributed by atoms with van der Waals surface area (Å²) in [5.74, 6) is -0.879. The van der Waals surface area contributed by atoms with Crippen molar-refractivity contribution < 1.29 is 24.2 Å². The number of carboxylic acids is 1. The van der Waals surface area contributed by atoms with Gasteiger partial charge in [0.05, 0.1) is 25.3 Å². The van der Waals surface area contributed by atoms with Crippen molar-refractivity contribution in [1.29, 1.82) is 0 Å². The minimum atomic E-state index is -1.10. The Morgan fingerprint density at radius 2 is 2.00 bits per heavy atom. The van der Waals surface area contributed by atoms with Crippen molar-refractivity contribution in [2.75, 3.05) is 17.7 Å². The van der Waals surface area contributed by atoms with Crippen LogP contribution in [0.1, 0.15) is 22.8 Å². The fraction of sp³-hybridized carbons (Fsp3) is 0.143. The number of para-hydroxylation sites is 1. The molecule has 2 heterocycles. The molecule has 30 heavy (non-hydrogen) atoms. The Balaban J connectivity index is 1.67. The molecule has 1 unspecified atom stereocenters. The second-order valence-corrected chi connectivity index (χ2v) is 6.70. The summed E-state index contributed by atoms with van der Waals surface area (Å²) in [5.41, 5.74) is 1.74. The van der Waals surface area contributed by atoms with Crippen molar-refractivity contribution in [3.8, 4) is 16.9 Å². The average molecular weight is 406 g/mol. The Labute approximate surface area is 171 Å². The van der Waals surface area contributed by atoms with Gasteiger partial charge in [-0.05, 0) is 24.3 Å². The van der Waals surface area contributed by atoms with Crippen LogP contribution in [-0.4, -0.2) is 39.8 Å². The summed E-state index contributed by atoms with van der Waals surface area (Å²) in [4.78, 5) is 36.4. The first-order valence-electron chi connectivity index (χ1n) is 9.13. The van der Waals surface area contributed by atoms with E-state index in [2.05, 4.69) is 15.7 Å². The lowest BCUT2D eigenvalue weighted by Gasteiger charge is -2.24. The van der Waals surface area contributed by atoms with Crippen LogP contribution in [0.15, 0.2) is 54.7 Å². The number of amides is 2. The van der Waals surface area contributed by atoms with Gasteiger partial charge in [-0.25, -0.2) is 9.48 Å². The van der Waals surface area contributed by atoms with Crippen LogP contribution in [0.3, 0.4) is 0 Å². The van der Waals surface area contributed by atoms with Crippen LogP contribution in [0, 0.1) is 0 Å². The largest absolute Gasteiger partial charge is 0.496 e. The van der Waals surface area contributed by atoms with Crippen LogP contribution < -0.4 is 15.4 Å². The first-order valence-corrected chi connectivity index (χ1v) is 9.13. The monoisotopic (exact) mass is 406 g/mol. The summed E-state index contributed by atoms with van der Waals surface area (Å²) < 4.78 is 6.85. The number of hydrogen-bond acceptors (Lipinski definition) is 5. The molecule has 1 aliphatic rings. The van der Waals surface area contributed by atoms with Crippen molar-refractivity contribution in [3.05, 3.63) is 60.3 Å². The molecule has 0 bridgehead atoms. The third kappa shape index (κ3) is 3.48. The van der Waals surface area contributed by atoms with Crippen molar-refractivity contribution in [1.82, 2.24) is 9.78 Å². The lowest BCUT2D eigenvalue weighted by atomic mass is 10.1. The Morgan fingerprint density at radius 3 is 2.77 bits per heavy atom. The minimum Gasteiger partial charge on any atom is -0.496 e. The molecule has 0 spiro atoms. The van der Waals surface area contributed by atoms with E-state index in [4.69, 9.17) is 9.84 Å². The summed E-state index contributed by atoms with van der Waals surface area (Å²) in [6, 6.07) is 12.3. The molecule has 1 aromatic heterocycles. The summed E-state index contributed by atoms with van der Waals surface area (Å²) >= 11 is 0. The number of carboxylic acid groups (broad SMARTS) is 1. The number of carbonyl (C=O) groups excluding carboxylic acids is 2. The number of anilines is 2. The number of ether oxygens (including phenoxy) is 1. The molecular formula is C21H18N4O5. The van der Waals surface area contributed by atoms with Crippen LogP contribution in [0.2, 0.25) is 0 Å². The molecule has 0 radical (unpaired) electrons. The third-order valence-corrected chi connectivity index (χ3v) is 4.80.